The number of aliphatic imine (C=N–C) groups is 1. The highest BCUT2D eigenvalue weighted by Crippen LogP contribution is 2.32. The molecule has 2 aromatic rings. The van der Waals surface area contributed by atoms with Gasteiger partial charge in [-0.15, -0.1) is 24.0 Å². The van der Waals surface area contributed by atoms with E-state index in [4.69, 9.17) is 19.2 Å². The summed E-state index contributed by atoms with van der Waals surface area (Å²) < 4.78 is 19.3. The number of guanidine groups is 1. The second-order valence-electron chi connectivity index (χ2n) is 8.66. The lowest BCUT2D eigenvalue weighted by Gasteiger charge is -2.16. The minimum atomic E-state index is 0. The van der Waals surface area contributed by atoms with E-state index in [1.807, 2.05) is 35.1 Å². The maximum atomic E-state index is 5.83. The summed E-state index contributed by atoms with van der Waals surface area (Å²) in [5, 5.41) is 11.2. The van der Waals surface area contributed by atoms with E-state index in [1.54, 1.807) is 6.20 Å². The number of aromatic nitrogens is 2. The van der Waals surface area contributed by atoms with Gasteiger partial charge in [-0.3, -0.25) is 9.67 Å². The molecule has 1 saturated carbocycles. The fourth-order valence-corrected chi connectivity index (χ4v) is 3.47. The van der Waals surface area contributed by atoms with E-state index in [1.165, 1.54) is 12.8 Å². The van der Waals surface area contributed by atoms with Gasteiger partial charge in [-0.1, -0.05) is 6.92 Å². The summed E-state index contributed by atoms with van der Waals surface area (Å²) in [6.07, 6.45) is 8.27. The summed E-state index contributed by atoms with van der Waals surface area (Å²) in [5.41, 5.74) is 0.921. The Balaban J connectivity index is 0.00000306. The van der Waals surface area contributed by atoms with Crippen molar-refractivity contribution in [1.82, 2.24) is 15.1 Å². The molecule has 0 amide bonds. The van der Waals surface area contributed by atoms with Crippen LogP contribution < -0.4 is 20.1 Å². The lowest BCUT2D eigenvalue weighted by atomic mass is 10.2. The number of hydrogen-bond acceptors (Lipinski definition) is 5. The van der Waals surface area contributed by atoms with Gasteiger partial charge in [0.1, 0.15) is 0 Å². The topological polar surface area (TPSA) is 81.9 Å². The molecule has 1 aliphatic carbocycles. The monoisotopic (exact) mass is 569 g/mol. The Hall–Kier alpha value is -2.01. The summed E-state index contributed by atoms with van der Waals surface area (Å²) in [5.74, 6) is 3.48. The number of fused-ring (bicyclic) bond motifs is 1. The normalized spacial score (nSPS) is 16.5. The Morgan fingerprint density at radius 2 is 2.12 bits per heavy atom. The first kappa shape index (κ1) is 25.6. The first-order valence-electron chi connectivity index (χ1n) is 11.8. The van der Waals surface area contributed by atoms with Crippen LogP contribution in [0, 0.1) is 11.8 Å². The van der Waals surface area contributed by atoms with Crippen molar-refractivity contribution in [2.75, 3.05) is 44.8 Å². The quantitative estimate of drug-likeness (QED) is 0.183. The number of ether oxygens (including phenoxy) is 3. The summed E-state index contributed by atoms with van der Waals surface area (Å²) in [4.78, 5) is 4.83. The highest BCUT2D eigenvalue weighted by Gasteiger charge is 2.20. The Kier molecular flexibility index (Phi) is 10.6. The molecule has 1 fully saturated rings. The average molecular weight is 569 g/mol. The molecule has 2 heterocycles. The molecule has 182 valence electrons. The Bertz CT molecular complexity index is 858. The van der Waals surface area contributed by atoms with Crippen LogP contribution in [0.2, 0.25) is 0 Å². The van der Waals surface area contributed by atoms with Gasteiger partial charge in [0.2, 0.25) is 0 Å². The van der Waals surface area contributed by atoms with Gasteiger partial charge in [-0.05, 0) is 49.3 Å². The fourth-order valence-electron chi connectivity index (χ4n) is 3.47. The van der Waals surface area contributed by atoms with Gasteiger partial charge in [0.15, 0.2) is 17.5 Å². The first-order valence-corrected chi connectivity index (χ1v) is 11.8. The SMILES string of the molecule is CC(CN=C(NCCCOCC1CC1)Nc1ccc2c(c1)OCCCO2)Cn1cccn1.I. The van der Waals surface area contributed by atoms with E-state index >= 15 is 0 Å². The van der Waals surface area contributed by atoms with Gasteiger partial charge in [0, 0.05) is 63.4 Å². The van der Waals surface area contributed by atoms with E-state index in [0.29, 0.717) is 25.7 Å². The fraction of sp³-hybridized carbons (Fsp3) is 0.583. The van der Waals surface area contributed by atoms with Crippen LogP contribution in [0.1, 0.15) is 32.6 Å². The van der Waals surface area contributed by atoms with Gasteiger partial charge in [-0.2, -0.15) is 5.10 Å². The molecule has 2 N–H and O–H groups in total. The molecular weight excluding hydrogens is 533 g/mol. The van der Waals surface area contributed by atoms with Gasteiger partial charge >= 0.3 is 0 Å². The number of nitrogens with one attached hydrogen (secondary N) is 2. The molecule has 1 atom stereocenters. The van der Waals surface area contributed by atoms with E-state index in [9.17, 15) is 0 Å². The van der Waals surface area contributed by atoms with Gasteiger partial charge in [-0.25, -0.2) is 0 Å². The molecule has 0 radical (unpaired) electrons. The van der Waals surface area contributed by atoms with Crippen LogP contribution in [-0.4, -0.2) is 55.3 Å². The molecule has 1 aromatic heterocycles. The number of anilines is 1. The highest BCUT2D eigenvalue weighted by molar-refractivity contribution is 14.0. The molecule has 9 heteroatoms. The molecule has 33 heavy (non-hydrogen) atoms. The molecule has 4 rings (SSSR count). The van der Waals surface area contributed by atoms with E-state index in [0.717, 1.165) is 68.2 Å². The molecule has 1 aliphatic heterocycles. The highest BCUT2D eigenvalue weighted by atomic mass is 127. The van der Waals surface area contributed by atoms with Gasteiger partial charge in [0.25, 0.3) is 0 Å². The lowest BCUT2D eigenvalue weighted by Crippen LogP contribution is -2.33. The second-order valence-corrected chi connectivity index (χ2v) is 8.66. The first-order chi connectivity index (χ1) is 15.8. The molecule has 1 unspecified atom stereocenters. The summed E-state index contributed by atoms with van der Waals surface area (Å²) >= 11 is 0. The van der Waals surface area contributed by atoms with Crippen LogP contribution in [0.5, 0.6) is 11.5 Å². The zero-order valence-corrected chi connectivity index (χ0v) is 21.7. The predicted octanol–water partition coefficient (Wildman–Crippen LogP) is 4.17. The predicted molar refractivity (Wildman–Crippen MR) is 141 cm³/mol. The van der Waals surface area contributed by atoms with Crippen LogP contribution in [0.25, 0.3) is 0 Å². The van der Waals surface area contributed by atoms with E-state index in [-0.39, 0.29) is 24.0 Å². The minimum absolute atomic E-state index is 0. The van der Waals surface area contributed by atoms with Crippen LogP contribution in [-0.2, 0) is 11.3 Å². The summed E-state index contributed by atoms with van der Waals surface area (Å²) in [7, 11) is 0. The number of hydrogen-bond donors (Lipinski definition) is 2. The molecule has 2 aliphatic rings. The number of benzene rings is 1. The molecule has 0 saturated heterocycles. The van der Waals surface area contributed by atoms with Crippen LogP contribution in [0.3, 0.4) is 0 Å². The lowest BCUT2D eigenvalue weighted by molar-refractivity contribution is 0.123. The third-order valence-electron chi connectivity index (χ3n) is 5.44. The summed E-state index contributed by atoms with van der Waals surface area (Å²) in [6.45, 7) is 7.54. The third kappa shape index (κ3) is 9.04. The largest absolute Gasteiger partial charge is 0.490 e. The Morgan fingerprint density at radius 1 is 1.27 bits per heavy atom. The van der Waals surface area contributed by atoms with Crippen LogP contribution in [0.15, 0.2) is 41.7 Å². The number of halogens is 1. The maximum Gasteiger partial charge on any atom is 0.195 e. The summed E-state index contributed by atoms with van der Waals surface area (Å²) in [6, 6.07) is 7.87. The molecule has 8 nitrogen and oxygen atoms in total. The van der Waals surface area contributed by atoms with Gasteiger partial charge in [0.05, 0.1) is 13.2 Å². The second kappa shape index (κ2) is 13.6. The van der Waals surface area contributed by atoms with Crippen molar-refractivity contribution in [2.24, 2.45) is 16.8 Å². The van der Waals surface area contributed by atoms with Crippen molar-refractivity contribution in [3.05, 3.63) is 36.7 Å². The zero-order chi connectivity index (χ0) is 22.0. The van der Waals surface area contributed by atoms with Crippen molar-refractivity contribution < 1.29 is 14.2 Å². The number of rotatable bonds is 11. The smallest absolute Gasteiger partial charge is 0.195 e. The molecule has 0 spiro atoms. The van der Waals surface area contributed by atoms with Crippen LogP contribution >= 0.6 is 24.0 Å². The Labute approximate surface area is 213 Å². The van der Waals surface area contributed by atoms with Crippen molar-refractivity contribution >= 4 is 35.6 Å². The van der Waals surface area contributed by atoms with E-state index < -0.39 is 0 Å². The third-order valence-corrected chi connectivity index (χ3v) is 5.44. The molecular formula is C24H36IN5O3. The molecule has 1 aromatic carbocycles. The van der Waals surface area contributed by atoms with Crippen molar-refractivity contribution in [3.8, 4) is 11.5 Å². The zero-order valence-electron chi connectivity index (χ0n) is 19.4. The average Bonchev–Trinajstić information content (AvgIpc) is 3.54. The van der Waals surface area contributed by atoms with E-state index in [2.05, 4.69) is 22.7 Å². The van der Waals surface area contributed by atoms with Crippen molar-refractivity contribution in [1.29, 1.82) is 0 Å². The van der Waals surface area contributed by atoms with Gasteiger partial charge < -0.3 is 24.8 Å². The minimum Gasteiger partial charge on any atom is -0.490 e. The van der Waals surface area contributed by atoms with Crippen molar-refractivity contribution in [2.45, 2.75) is 39.2 Å². The standard InChI is InChI=1S/C24H35N5O3.HI/c1-19(17-29-11-2-10-27-29)16-26-24(25-9-3-12-30-18-20-5-6-20)28-21-7-8-22-23(15-21)32-14-4-13-31-22;/h2,7-8,10-11,15,19-20H,3-6,9,12-14,16-18H2,1H3,(H2,25,26,28);1H. The maximum absolute atomic E-state index is 5.83. The number of nitrogens with zero attached hydrogens (tertiary/aromatic N) is 3. The van der Waals surface area contributed by atoms with Crippen LogP contribution in [0.4, 0.5) is 5.69 Å². The van der Waals surface area contributed by atoms with Crippen molar-refractivity contribution in [3.63, 3.8) is 0 Å². The molecule has 0 bridgehead atoms. The Morgan fingerprint density at radius 3 is 2.91 bits per heavy atom.